The predicted molar refractivity (Wildman–Crippen MR) is 121 cm³/mol. The standard InChI is InChI=1S/C24H18FN5O3/c1-15-6-8-17(9-7-15)28-29-18-12-10-16(11-13-18)26-14-19-22(31)27-24(33)30(23(19)32)21-5-3-2-4-20(21)25/h2-14,19H,1H3,(H,27,31,33)/t19-/m1/s1. The van der Waals surface area contributed by atoms with Gasteiger partial charge < -0.3 is 0 Å². The number of benzene rings is 3. The van der Waals surface area contributed by atoms with Crippen LogP contribution in [-0.2, 0) is 9.59 Å². The molecule has 8 nitrogen and oxygen atoms in total. The maximum atomic E-state index is 14.1. The van der Waals surface area contributed by atoms with E-state index in [9.17, 15) is 18.8 Å². The van der Waals surface area contributed by atoms with Crippen molar-refractivity contribution in [2.24, 2.45) is 21.1 Å². The lowest BCUT2D eigenvalue weighted by Gasteiger charge is -2.28. The number of imide groups is 2. The number of amides is 4. The number of anilines is 1. The van der Waals surface area contributed by atoms with Gasteiger partial charge in [-0.15, -0.1) is 0 Å². The summed E-state index contributed by atoms with van der Waals surface area (Å²) in [6.07, 6.45) is 1.13. The van der Waals surface area contributed by atoms with Crippen molar-refractivity contribution in [3.63, 3.8) is 0 Å². The minimum Gasteiger partial charge on any atom is -0.276 e. The number of nitrogens with one attached hydrogen (secondary N) is 1. The molecule has 1 fully saturated rings. The molecule has 164 valence electrons. The van der Waals surface area contributed by atoms with Gasteiger partial charge in [0.25, 0.3) is 5.91 Å². The first-order valence-corrected chi connectivity index (χ1v) is 9.98. The lowest BCUT2D eigenvalue weighted by atomic mass is 10.1. The number of nitrogens with zero attached hydrogens (tertiary/aromatic N) is 4. The molecular weight excluding hydrogens is 425 g/mol. The largest absolute Gasteiger partial charge is 0.335 e. The summed E-state index contributed by atoms with van der Waals surface area (Å²) in [6.45, 7) is 1.99. The smallest absolute Gasteiger partial charge is 0.276 e. The van der Waals surface area contributed by atoms with Gasteiger partial charge in [-0.05, 0) is 55.5 Å². The summed E-state index contributed by atoms with van der Waals surface area (Å²) in [4.78, 5) is 41.9. The van der Waals surface area contributed by atoms with Crippen molar-refractivity contribution in [1.82, 2.24) is 5.32 Å². The van der Waals surface area contributed by atoms with E-state index in [4.69, 9.17) is 0 Å². The predicted octanol–water partition coefficient (Wildman–Crippen LogP) is 5.15. The molecule has 1 aliphatic rings. The van der Waals surface area contributed by atoms with E-state index in [1.165, 1.54) is 18.2 Å². The van der Waals surface area contributed by atoms with E-state index in [1.807, 2.05) is 31.2 Å². The Morgan fingerprint density at radius 1 is 0.848 bits per heavy atom. The first-order valence-electron chi connectivity index (χ1n) is 9.98. The molecule has 1 N–H and O–H groups in total. The molecule has 0 aliphatic carbocycles. The maximum Gasteiger partial charge on any atom is 0.335 e. The van der Waals surface area contributed by atoms with Crippen LogP contribution < -0.4 is 10.2 Å². The highest BCUT2D eigenvalue weighted by molar-refractivity contribution is 6.32. The van der Waals surface area contributed by atoms with Crippen LogP contribution in [0.1, 0.15) is 5.56 Å². The minimum atomic E-state index is -1.39. The van der Waals surface area contributed by atoms with E-state index in [0.717, 1.165) is 23.5 Å². The fraction of sp³-hybridized carbons (Fsp3) is 0.0833. The zero-order valence-electron chi connectivity index (χ0n) is 17.5. The van der Waals surface area contributed by atoms with E-state index >= 15 is 0 Å². The number of azo groups is 1. The first-order chi connectivity index (χ1) is 15.9. The summed E-state index contributed by atoms with van der Waals surface area (Å²) in [5, 5.41) is 10.4. The van der Waals surface area contributed by atoms with E-state index in [2.05, 4.69) is 20.5 Å². The van der Waals surface area contributed by atoms with Crippen LogP contribution >= 0.6 is 0 Å². The third-order valence-corrected chi connectivity index (χ3v) is 4.83. The van der Waals surface area contributed by atoms with Crippen LogP contribution in [-0.4, -0.2) is 24.1 Å². The van der Waals surface area contributed by atoms with Gasteiger partial charge in [-0.3, -0.25) is 19.9 Å². The number of carbonyl (C=O) groups is 3. The molecule has 9 heteroatoms. The molecule has 1 aliphatic heterocycles. The number of aliphatic imine (C=N–C) groups is 1. The molecule has 3 aromatic carbocycles. The van der Waals surface area contributed by atoms with Crippen molar-refractivity contribution in [2.45, 2.75) is 6.92 Å². The molecule has 1 atom stereocenters. The minimum absolute atomic E-state index is 0.241. The third kappa shape index (κ3) is 4.87. The Morgan fingerprint density at radius 2 is 1.42 bits per heavy atom. The van der Waals surface area contributed by atoms with Crippen molar-refractivity contribution in [3.05, 3.63) is 84.2 Å². The second-order valence-electron chi connectivity index (χ2n) is 7.23. The van der Waals surface area contributed by atoms with Gasteiger partial charge in [0.05, 0.1) is 22.7 Å². The van der Waals surface area contributed by atoms with Crippen molar-refractivity contribution >= 4 is 46.8 Å². The topological polar surface area (TPSA) is 104 Å². The van der Waals surface area contributed by atoms with E-state index in [-0.39, 0.29) is 5.69 Å². The number of rotatable bonds is 5. The summed E-state index contributed by atoms with van der Waals surface area (Å²) < 4.78 is 14.1. The molecule has 3 aromatic rings. The molecule has 4 rings (SSSR count). The maximum absolute atomic E-state index is 14.1. The quantitative estimate of drug-likeness (QED) is 0.335. The highest BCUT2D eigenvalue weighted by atomic mass is 19.1. The van der Waals surface area contributed by atoms with E-state index in [0.29, 0.717) is 16.3 Å². The Balaban J connectivity index is 1.49. The van der Waals surface area contributed by atoms with Gasteiger partial charge in [0.1, 0.15) is 5.82 Å². The molecule has 33 heavy (non-hydrogen) atoms. The van der Waals surface area contributed by atoms with Gasteiger partial charge >= 0.3 is 6.03 Å². The number of hydrogen-bond donors (Lipinski definition) is 1. The molecule has 0 bridgehead atoms. The number of barbiturate groups is 1. The number of carbonyl (C=O) groups excluding carboxylic acids is 3. The second kappa shape index (κ2) is 9.31. The number of para-hydroxylation sites is 1. The van der Waals surface area contributed by atoms with E-state index in [1.54, 1.807) is 24.3 Å². The normalized spacial score (nSPS) is 16.6. The number of urea groups is 1. The van der Waals surface area contributed by atoms with Crippen molar-refractivity contribution in [2.75, 3.05) is 4.90 Å². The first kappa shape index (κ1) is 21.7. The average Bonchev–Trinajstić information content (AvgIpc) is 2.80. The fourth-order valence-corrected chi connectivity index (χ4v) is 3.08. The fourth-order valence-electron chi connectivity index (χ4n) is 3.08. The Bertz CT molecular complexity index is 1270. The molecule has 0 aromatic heterocycles. The second-order valence-corrected chi connectivity index (χ2v) is 7.23. The molecule has 4 amide bonds. The molecule has 1 saturated heterocycles. The van der Waals surface area contributed by atoms with Crippen molar-refractivity contribution < 1.29 is 18.8 Å². The van der Waals surface area contributed by atoms with Crippen LogP contribution in [0.25, 0.3) is 0 Å². The van der Waals surface area contributed by atoms with Gasteiger partial charge in [-0.1, -0.05) is 29.8 Å². The van der Waals surface area contributed by atoms with E-state index < -0.39 is 29.6 Å². The molecule has 0 radical (unpaired) electrons. The van der Waals surface area contributed by atoms with Crippen LogP contribution in [0.2, 0.25) is 0 Å². The SMILES string of the molecule is Cc1ccc(N=Nc2ccc(N=C[C@@H]3C(=O)NC(=O)N(c4ccccc4F)C3=O)cc2)cc1. The molecular formula is C24H18FN5O3. The zero-order chi connectivity index (χ0) is 23.4. The van der Waals surface area contributed by atoms with Crippen LogP contribution in [0, 0.1) is 18.7 Å². The monoisotopic (exact) mass is 443 g/mol. The molecule has 0 unspecified atom stereocenters. The lowest BCUT2D eigenvalue weighted by molar-refractivity contribution is -0.131. The number of halogens is 1. The average molecular weight is 443 g/mol. The van der Waals surface area contributed by atoms with Crippen molar-refractivity contribution in [1.29, 1.82) is 0 Å². The van der Waals surface area contributed by atoms with Gasteiger partial charge in [0, 0.05) is 6.21 Å². The van der Waals surface area contributed by atoms with Crippen LogP contribution in [0.15, 0.2) is 88.0 Å². The Labute approximate surface area is 188 Å². The molecule has 1 heterocycles. The van der Waals surface area contributed by atoms with Gasteiger partial charge in [0.15, 0.2) is 5.92 Å². The Kier molecular flexibility index (Phi) is 6.12. The number of aryl methyl sites for hydroxylation is 1. The highest BCUT2D eigenvalue weighted by Gasteiger charge is 2.41. The van der Waals surface area contributed by atoms with Gasteiger partial charge in [-0.2, -0.15) is 10.2 Å². The summed E-state index contributed by atoms with van der Waals surface area (Å²) in [5.74, 6) is -3.87. The molecule has 0 spiro atoms. The van der Waals surface area contributed by atoms with Crippen LogP contribution in [0.4, 0.5) is 31.9 Å². The summed E-state index contributed by atoms with van der Waals surface area (Å²) in [6, 6.07) is 18.6. The summed E-state index contributed by atoms with van der Waals surface area (Å²) in [7, 11) is 0. The van der Waals surface area contributed by atoms with Crippen LogP contribution in [0.5, 0.6) is 0 Å². The third-order valence-electron chi connectivity index (χ3n) is 4.83. The summed E-state index contributed by atoms with van der Waals surface area (Å²) in [5.41, 5.74) is 2.66. The highest BCUT2D eigenvalue weighted by Crippen LogP contribution is 2.25. The Hall–Kier alpha value is -4.53. The molecule has 0 saturated carbocycles. The van der Waals surface area contributed by atoms with Gasteiger partial charge in [0.2, 0.25) is 5.91 Å². The summed E-state index contributed by atoms with van der Waals surface area (Å²) >= 11 is 0. The zero-order valence-corrected chi connectivity index (χ0v) is 17.5. The van der Waals surface area contributed by atoms with Crippen LogP contribution in [0.3, 0.4) is 0 Å². The van der Waals surface area contributed by atoms with Crippen molar-refractivity contribution in [3.8, 4) is 0 Å². The lowest BCUT2D eigenvalue weighted by Crippen LogP contribution is -2.58. The Morgan fingerprint density at radius 3 is 2.06 bits per heavy atom. The van der Waals surface area contributed by atoms with Gasteiger partial charge in [-0.25, -0.2) is 14.1 Å². The number of hydrogen-bond acceptors (Lipinski definition) is 6.